The summed E-state index contributed by atoms with van der Waals surface area (Å²) >= 11 is 0. The molecule has 5 heteroatoms. The van der Waals surface area contributed by atoms with Crippen LogP contribution in [-0.2, 0) is 16.1 Å². The van der Waals surface area contributed by atoms with Gasteiger partial charge in [0, 0.05) is 19.1 Å². The first-order valence-corrected chi connectivity index (χ1v) is 7.37. The molecule has 21 heavy (non-hydrogen) atoms. The molecule has 2 atom stereocenters. The van der Waals surface area contributed by atoms with Gasteiger partial charge in [0.1, 0.15) is 5.54 Å². The van der Waals surface area contributed by atoms with Crippen molar-refractivity contribution in [2.75, 3.05) is 20.1 Å². The van der Waals surface area contributed by atoms with Gasteiger partial charge in [-0.3, -0.25) is 24.7 Å². The second kappa shape index (κ2) is 5.24. The van der Waals surface area contributed by atoms with E-state index >= 15 is 0 Å². The van der Waals surface area contributed by atoms with Crippen LogP contribution >= 0.6 is 0 Å². The molecule has 2 aliphatic rings. The molecule has 112 valence electrons. The molecule has 1 spiro atoms. The zero-order valence-electron chi connectivity index (χ0n) is 12.5. The molecule has 2 fully saturated rings. The molecular weight excluding hydrogens is 266 g/mol. The SMILES string of the molecule is CC1N(Cc2ccccc2)CCC12C(=O)NC(=O)CN2C. The normalized spacial score (nSPS) is 30.9. The van der Waals surface area contributed by atoms with Crippen LogP contribution in [0.2, 0.25) is 0 Å². The van der Waals surface area contributed by atoms with Crippen molar-refractivity contribution in [3.63, 3.8) is 0 Å². The lowest BCUT2D eigenvalue weighted by Crippen LogP contribution is -2.69. The van der Waals surface area contributed by atoms with Gasteiger partial charge in [0.05, 0.1) is 6.54 Å². The van der Waals surface area contributed by atoms with Crippen LogP contribution < -0.4 is 5.32 Å². The maximum Gasteiger partial charge on any atom is 0.248 e. The highest BCUT2D eigenvalue weighted by atomic mass is 16.2. The van der Waals surface area contributed by atoms with E-state index in [9.17, 15) is 9.59 Å². The smallest absolute Gasteiger partial charge is 0.248 e. The Hall–Kier alpha value is -1.72. The summed E-state index contributed by atoms with van der Waals surface area (Å²) in [5, 5.41) is 2.51. The molecule has 1 aromatic rings. The van der Waals surface area contributed by atoms with E-state index in [2.05, 4.69) is 29.3 Å². The van der Waals surface area contributed by atoms with Crippen LogP contribution in [0.1, 0.15) is 18.9 Å². The van der Waals surface area contributed by atoms with Gasteiger partial charge in [0.2, 0.25) is 11.8 Å². The number of carbonyl (C=O) groups excluding carboxylic acids is 2. The van der Waals surface area contributed by atoms with Crippen molar-refractivity contribution in [3.8, 4) is 0 Å². The molecule has 2 unspecified atom stereocenters. The molecule has 0 aliphatic carbocycles. The molecule has 2 aliphatic heterocycles. The van der Waals surface area contributed by atoms with Gasteiger partial charge in [-0.05, 0) is 26.0 Å². The second-order valence-electron chi connectivity index (χ2n) is 6.04. The quantitative estimate of drug-likeness (QED) is 0.810. The topological polar surface area (TPSA) is 52.7 Å². The van der Waals surface area contributed by atoms with Crippen LogP contribution in [0, 0.1) is 0 Å². The number of carbonyl (C=O) groups is 2. The molecule has 0 saturated carbocycles. The van der Waals surface area contributed by atoms with E-state index in [0.29, 0.717) is 0 Å². The first-order chi connectivity index (χ1) is 10.0. The summed E-state index contributed by atoms with van der Waals surface area (Å²) in [6.07, 6.45) is 0.761. The van der Waals surface area contributed by atoms with Crippen molar-refractivity contribution in [1.29, 1.82) is 0 Å². The fraction of sp³-hybridized carbons (Fsp3) is 0.500. The Morgan fingerprint density at radius 3 is 2.67 bits per heavy atom. The number of likely N-dealkylation sites (tertiary alicyclic amines) is 1. The molecule has 3 rings (SSSR count). The van der Waals surface area contributed by atoms with Gasteiger partial charge in [-0.15, -0.1) is 0 Å². The Balaban J connectivity index is 1.81. The molecule has 2 saturated heterocycles. The fourth-order valence-electron chi connectivity index (χ4n) is 3.67. The number of nitrogens with one attached hydrogen (secondary N) is 1. The van der Waals surface area contributed by atoms with Gasteiger partial charge in [-0.25, -0.2) is 0 Å². The van der Waals surface area contributed by atoms with Crippen LogP contribution in [0.25, 0.3) is 0 Å². The molecule has 2 amide bonds. The minimum atomic E-state index is -0.581. The average molecular weight is 287 g/mol. The summed E-state index contributed by atoms with van der Waals surface area (Å²) in [5.41, 5.74) is 0.666. The van der Waals surface area contributed by atoms with Gasteiger partial charge in [0.15, 0.2) is 0 Å². The zero-order valence-corrected chi connectivity index (χ0v) is 12.5. The minimum Gasteiger partial charge on any atom is -0.294 e. The standard InChI is InChI=1S/C16H21N3O2/c1-12-16(15(21)17-14(20)11-18(16)2)8-9-19(12)10-13-6-4-3-5-7-13/h3-7,12H,8-11H2,1-2H3,(H,17,20,21). The second-order valence-corrected chi connectivity index (χ2v) is 6.04. The monoisotopic (exact) mass is 287 g/mol. The lowest BCUT2D eigenvalue weighted by Gasteiger charge is -2.44. The predicted octanol–water partition coefficient (Wildman–Crippen LogP) is 0.608. The lowest BCUT2D eigenvalue weighted by atomic mass is 9.86. The Bertz CT molecular complexity index is 560. The van der Waals surface area contributed by atoms with Gasteiger partial charge >= 0.3 is 0 Å². The molecule has 0 radical (unpaired) electrons. The van der Waals surface area contributed by atoms with E-state index in [1.807, 2.05) is 30.1 Å². The first kappa shape index (κ1) is 14.2. The Labute approximate surface area is 124 Å². The van der Waals surface area contributed by atoms with E-state index in [0.717, 1.165) is 19.5 Å². The zero-order chi connectivity index (χ0) is 15.0. The van der Waals surface area contributed by atoms with Crippen molar-refractivity contribution >= 4 is 11.8 Å². The maximum absolute atomic E-state index is 12.4. The largest absolute Gasteiger partial charge is 0.294 e. The number of likely N-dealkylation sites (N-methyl/N-ethyl adjacent to an activating group) is 1. The van der Waals surface area contributed by atoms with E-state index in [1.165, 1.54) is 5.56 Å². The van der Waals surface area contributed by atoms with Gasteiger partial charge in [-0.2, -0.15) is 0 Å². The third-order valence-electron chi connectivity index (χ3n) is 4.96. The van der Waals surface area contributed by atoms with E-state index in [-0.39, 0.29) is 24.4 Å². The number of rotatable bonds is 2. The summed E-state index contributed by atoms with van der Waals surface area (Å²) in [7, 11) is 1.87. The van der Waals surface area contributed by atoms with E-state index in [1.54, 1.807) is 0 Å². The average Bonchev–Trinajstić information content (AvgIpc) is 2.77. The summed E-state index contributed by atoms with van der Waals surface area (Å²) in [6.45, 7) is 4.07. The van der Waals surface area contributed by atoms with Crippen molar-refractivity contribution < 1.29 is 9.59 Å². The summed E-state index contributed by atoms with van der Waals surface area (Å²) in [5.74, 6) is -0.355. The number of benzene rings is 1. The highest BCUT2D eigenvalue weighted by molar-refractivity contribution is 6.04. The fourth-order valence-corrected chi connectivity index (χ4v) is 3.67. The molecule has 5 nitrogen and oxygen atoms in total. The first-order valence-electron chi connectivity index (χ1n) is 7.37. The third kappa shape index (κ3) is 2.26. The highest BCUT2D eigenvalue weighted by Crippen LogP contribution is 2.36. The third-order valence-corrected chi connectivity index (χ3v) is 4.96. The summed E-state index contributed by atoms with van der Waals surface area (Å²) in [4.78, 5) is 28.2. The number of hydrogen-bond acceptors (Lipinski definition) is 4. The molecule has 1 aromatic carbocycles. The van der Waals surface area contributed by atoms with Crippen LogP contribution in [0.3, 0.4) is 0 Å². The van der Waals surface area contributed by atoms with Crippen LogP contribution in [-0.4, -0.2) is 53.3 Å². The number of piperazine rings is 1. The molecule has 1 N–H and O–H groups in total. The molecular formula is C16H21N3O2. The van der Waals surface area contributed by atoms with Crippen LogP contribution in [0.4, 0.5) is 0 Å². The number of imide groups is 1. The van der Waals surface area contributed by atoms with Crippen molar-refractivity contribution in [1.82, 2.24) is 15.1 Å². The predicted molar refractivity (Wildman–Crippen MR) is 79.4 cm³/mol. The van der Waals surface area contributed by atoms with Crippen molar-refractivity contribution in [2.45, 2.75) is 31.5 Å². The lowest BCUT2D eigenvalue weighted by molar-refractivity contribution is -0.147. The Kier molecular flexibility index (Phi) is 3.55. The molecule has 2 heterocycles. The maximum atomic E-state index is 12.4. The van der Waals surface area contributed by atoms with Crippen molar-refractivity contribution in [2.24, 2.45) is 0 Å². The number of amides is 2. The minimum absolute atomic E-state index is 0.0795. The van der Waals surface area contributed by atoms with Gasteiger partial charge < -0.3 is 0 Å². The van der Waals surface area contributed by atoms with Gasteiger partial charge in [-0.1, -0.05) is 30.3 Å². The molecule has 0 aromatic heterocycles. The number of hydrogen-bond donors (Lipinski definition) is 1. The highest BCUT2D eigenvalue weighted by Gasteiger charge is 2.55. The summed E-state index contributed by atoms with van der Waals surface area (Å²) < 4.78 is 0. The van der Waals surface area contributed by atoms with Crippen LogP contribution in [0.5, 0.6) is 0 Å². The Morgan fingerprint density at radius 2 is 2.00 bits per heavy atom. The van der Waals surface area contributed by atoms with E-state index < -0.39 is 5.54 Å². The van der Waals surface area contributed by atoms with Crippen molar-refractivity contribution in [3.05, 3.63) is 35.9 Å². The van der Waals surface area contributed by atoms with Gasteiger partial charge in [0.25, 0.3) is 0 Å². The van der Waals surface area contributed by atoms with Crippen LogP contribution in [0.15, 0.2) is 30.3 Å². The molecule has 0 bridgehead atoms. The summed E-state index contributed by atoms with van der Waals surface area (Å²) in [6, 6.07) is 10.4. The van der Waals surface area contributed by atoms with E-state index in [4.69, 9.17) is 0 Å². The number of nitrogens with zero attached hydrogens (tertiary/aromatic N) is 2. The Morgan fingerprint density at radius 1 is 1.29 bits per heavy atom.